The number of rotatable bonds is 5. The Morgan fingerprint density at radius 2 is 1.92 bits per heavy atom. The predicted octanol–water partition coefficient (Wildman–Crippen LogP) is 3.59. The molecule has 0 fully saturated rings. The molecule has 0 amide bonds. The second-order valence-corrected chi connectivity index (χ2v) is 9.47. The number of carbonyl (C=O) groups is 1. The lowest BCUT2D eigenvalue weighted by Gasteiger charge is -2.25. The third kappa shape index (κ3) is 3.69. The van der Waals surface area contributed by atoms with Crippen molar-refractivity contribution in [1.82, 2.24) is 9.13 Å². The van der Waals surface area contributed by atoms with Crippen LogP contribution >= 0.6 is 11.3 Å². The molecule has 1 atom stereocenters. The number of aromatic nitrogens is 2. The van der Waals surface area contributed by atoms with E-state index in [0.29, 0.717) is 27.0 Å². The summed E-state index contributed by atoms with van der Waals surface area (Å²) < 4.78 is 9.18. The summed E-state index contributed by atoms with van der Waals surface area (Å²) in [5, 5.41) is 10.3. The lowest BCUT2D eigenvalue weighted by atomic mass is 9.95. The Hall–Kier alpha value is -4.22. The smallest absolute Gasteiger partial charge is 0.338 e. The molecule has 3 heterocycles. The fourth-order valence-corrected chi connectivity index (χ4v) is 5.86. The van der Waals surface area contributed by atoms with Gasteiger partial charge in [0.2, 0.25) is 0 Å². The fourth-order valence-electron chi connectivity index (χ4n) is 4.86. The highest BCUT2D eigenvalue weighted by molar-refractivity contribution is 7.07. The van der Waals surface area contributed by atoms with Crippen LogP contribution in [0.2, 0.25) is 0 Å². The van der Waals surface area contributed by atoms with Gasteiger partial charge in [0.1, 0.15) is 6.54 Å². The summed E-state index contributed by atoms with van der Waals surface area (Å²) >= 11 is 1.30. The standard InChI is InChI=1S/C28H24N4O3S/c1-4-21-24(27(34)35-3)25(18-10-6-5-7-11-18)32-26(33)23(36-28(32)30-21)16-20-17(2)31(15-14-29)22-13-9-8-12-19(20)22/h5-13,16,25H,4,15H2,1-3H3/b23-16+/t25-/m0/s1. The van der Waals surface area contributed by atoms with Gasteiger partial charge in [0.05, 0.1) is 35.0 Å². The van der Waals surface area contributed by atoms with Crippen LogP contribution in [0.5, 0.6) is 0 Å². The average molecular weight is 497 g/mol. The lowest BCUT2D eigenvalue weighted by molar-refractivity contribution is -0.136. The molecule has 8 heteroatoms. The van der Waals surface area contributed by atoms with Gasteiger partial charge in [-0.2, -0.15) is 5.26 Å². The normalized spacial score (nSPS) is 15.5. The summed E-state index contributed by atoms with van der Waals surface area (Å²) in [6.45, 7) is 4.11. The van der Waals surface area contributed by atoms with Crippen molar-refractivity contribution in [3.8, 4) is 6.07 Å². The summed E-state index contributed by atoms with van der Waals surface area (Å²) in [6.07, 6.45) is 2.41. The summed E-state index contributed by atoms with van der Waals surface area (Å²) in [7, 11) is 1.34. The van der Waals surface area contributed by atoms with Crippen molar-refractivity contribution in [2.45, 2.75) is 32.9 Å². The number of nitrogens with zero attached hydrogens (tertiary/aromatic N) is 4. The zero-order valence-electron chi connectivity index (χ0n) is 20.2. The molecule has 36 heavy (non-hydrogen) atoms. The first kappa shape index (κ1) is 23.5. The van der Waals surface area contributed by atoms with E-state index in [1.165, 1.54) is 18.4 Å². The van der Waals surface area contributed by atoms with Crippen molar-refractivity contribution in [2.75, 3.05) is 7.11 Å². The summed E-state index contributed by atoms with van der Waals surface area (Å²) in [5.41, 5.74) is 4.34. The molecule has 0 saturated carbocycles. The minimum absolute atomic E-state index is 0.220. The molecule has 0 bridgehead atoms. The van der Waals surface area contributed by atoms with E-state index in [1.807, 2.05) is 79.1 Å². The number of allylic oxidation sites excluding steroid dienone is 1. The minimum Gasteiger partial charge on any atom is -0.466 e. The number of fused-ring (bicyclic) bond motifs is 2. The molecule has 0 saturated heterocycles. The van der Waals surface area contributed by atoms with Crippen LogP contribution in [0.15, 0.2) is 75.7 Å². The van der Waals surface area contributed by atoms with Crippen LogP contribution in [0.3, 0.4) is 0 Å². The zero-order chi connectivity index (χ0) is 25.4. The Bertz CT molecular complexity index is 1750. The van der Waals surface area contributed by atoms with Crippen LogP contribution in [0.1, 0.15) is 36.2 Å². The van der Waals surface area contributed by atoms with Gasteiger partial charge in [0.15, 0.2) is 4.80 Å². The highest BCUT2D eigenvalue weighted by Crippen LogP contribution is 2.32. The van der Waals surface area contributed by atoms with Crippen LogP contribution in [-0.2, 0) is 16.1 Å². The van der Waals surface area contributed by atoms with Gasteiger partial charge in [-0.05, 0) is 31.1 Å². The largest absolute Gasteiger partial charge is 0.466 e. The quantitative estimate of drug-likeness (QED) is 0.395. The molecule has 1 aliphatic rings. The second kappa shape index (κ2) is 9.44. The van der Waals surface area contributed by atoms with Crippen LogP contribution in [-0.4, -0.2) is 22.2 Å². The molecule has 2 aromatic heterocycles. The predicted molar refractivity (Wildman–Crippen MR) is 139 cm³/mol. The molecule has 7 nitrogen and oxygen atoms in total. The van der Waals surface area contributed by atoms with Crippen molar-refractivity contribution >= 4 is 34.3 Å². The van der Waals surface area contributed by atoms with Gasteiger partial charge in [0, 0.05) is 22.2 Å². The van der Waals surface area contributed by atoms with E-state index in [-0.39, 0.29) is 12.1 Å². The molecule has 4 aromatic rings. The van der Waals surface area contributed by atoms with E-state index >= 15 is 0 Å². The Balaban J connectivity index is 1.80. The highest BCUT2D eigenvalue weighted by atomic mass is 32.1. The molecular weight excluding hydrogens is 472 g/mol. The first-order chi connectivity index (χ1) is 17.5. The minimum atomic E-state index is -0.631. The maximum Gasteiger partial charge on any atom is 0.338 e. The number of carbonyl (C=O) groups excluding carboxylic acids is 1. The first-order valence-corrected chi connectivity index (χ1v) is 12.4. The van der Waals surface area contributed by atoms with Crippen molar-refractivity contribution in [2.24, 2.45) is 4.99 Å². The summed E-state index contributed by atoms with van der Waals surface area (Å²) in [4.78, 5) is 32.1. The van der Waals surface area contributed by atoms with E-state index in [2.05, 4.69) is 6.07 Å². The number of para-hydroxylation sites is 1. The first-order valence-electron chi connectivity index (χ1n) is 11.6. The highest BCUT2D eigenvalue weighted by Gasteiger charge is 2.33. The molecule has 180 valence electrons. The van der Waals surface area contributed by atoms with E-state index in [9.17, 15) is 14.9 Å². The average Bonchev–Trinajstić information content (AvgIpc) is 3.36. The van der Waals surface area contributed by atoms with Gasteiger partial charge in [-0.25, -0.2) is 9.79 Å². The molecule has 2 aromatic carbocycles. The van der Waals surface area contributed by atoms with Crippen LogP contribution in [0, 0.1) is 18.3 Å². The Morgan fingerprint density at radius 1 is 1.19 bits per heavy atom. The third-order valence-electron chi connectivity index (χ3n) is 6.55. The van der Waals surface area contributed by atoms with E-state index in [1.54, 1.807) is 4.57 Å². The van der Waals surface area contributed by atoms with Crippen molar-refractivity contribution < 1.29 is 9.53 Å². The van der Waals surface area contributed by atoms with Gasteiger partial charge >= 0.3 is 5.97 Å². The van der Waals surface area contributed by atoms with Gasteiger partial charge in [0.25, 0.3) is 5.56 Å². The van der Waals surface area contributed by atoms with Crippen LogP contribution < -0.4 is 14.9 Å². The SMILES string of the molecule is CCC1=C(C(=O)OC)[C@H](c2ccccc2)n2c(s/c(=C/c3c(C)n(CC#N)c4ccccc34)c2=O)=N1. The van der Waals surface area contributed by atoms with Crippen molar-refractivity contribution in [3.05, 3.63) is 102 Å². The number of ether oxygens (including phenoxy) is 1. The van der Waals surface area contributed by atoms with Crippen molar-refractivity contribution in [1.29, 1.82) is 5.26 Å². The zero-order valence-corrected chi connectivity index (χ0v) is 21.0. The Morgan fingerprint density at radius 3 is 2.61 bits per heavy atom. The molecule has 0 spiro atoms. The van der Waals surface area contributed by atoms with E-state index in [4.69, 9.17) is 9.73 Å². The van der Waals surface area contributed by atoms with Crippen molar-refractivity contribution in [3.63, 3.8) is 0 Å². The molecule has 5 rings (SSSR count). The Labute approximate surface area is 211 Å². The van der Waals surface area contributed by atoms with E-state index < -0.39 is 12.0 Å². The maximum absolute atomic E-state index is 13.9. The Kier molecular flexibility index (Phi) is 6.17. The monoisotopic (exact) mass is 496 g/mol. The van der Waals surface area contributed by atoms with Gasteiger partial charge in [-0.1, -0.05) is 66.8 Å². The maximum atomic E-state index is 13.9. The molecule has 0 N–H and O–H groups in total. The molecule has 0 aliphatic carbocycles. The van der Waals surface area contributed by atoms with E-state index in [0.717, 1.165) is 27.7 Å². The number of thiazole rings is 1. The number of hydrogen-bond acceptors (Lipinski definition) is 6. The van der Waals surface area contributed by atoms with Gasteiger partial charge in [-0.15, -0.1) is 0 Å². The molecule has 0 radical (unpaired) electrons. The number of esters is 1. The summed E-state index contributed by atoms with van der Waals surface area (Å²) in [5.74, 6) is -0.492. The number of methoxy groups -OCH3 is 1. The summed E-state index contributed by atoms with van der Waals surface area (Å²) in [6, 6.07) is 18.9. The van der Waals surface area contributed by atoms with Gasteiger partial charge in [-0.3, -0.25) is 9.36 Å². The van der Waals surface area contributed by atoms with Gasteiger partial charge < -0.3 is 9.30 Å². The number of nitriles is 1. The molecular formula is C28H24N4O3S. The van der Waals surface area contributed by atoms with Crippen LogP contribution in [0.25, 0.3) is 17.0 Å². The molecule has 0 unspecified atom stereocenters. The number of hydrogen-bond donors (Lipinski definition) is 0. The third-order valence-corrected chi connectivity index (χ3v) is 7.53. The molecule has 1 aliphatic heterocycles. The van der Waals surface area contributed by atoms with Crippen LogP contribution in [0.4, 0.5) is 0 Å². The second-order valence-electron chi connectivity index (χ2n) is 8.46. The number of benzene rings is 2. The topological polar surface area (TPSA) is 89.4 Å². The lowest BCUT2D eigenvalue weighted by Crippen LogP contribution is -2.40. The fraction of sp³-hybridized carbons (Fsp3) is 0.214.